The van der Waals surface area contributed by atoms with E-state index in [4.69, 9.17) is 15.7 Å². The predicted molar refractivity (Wildman–Crippen MR) is 70.9 cm³/mol. The van der Waals surface area contributed by atoms with Crippen molar-refractivity contribution in [2.75, 3.05) is 12.4 Å². The number of para-hydroxylation sites is 1. The summed E-state index contributed by atoms with van der Waals surface area (Å²) < 4.78 is 5.08. The molecule has 1 amide bonds. The number of oxime groups is 1. The minimum absolute atomic E-state index is 0.0331. The summed E-state index contributed by atoms with van der Waals surface area (Å²) in [5.74, 6) is -0.277. The Kier molecular flexibility index (Phi) is 3.71. The van der Waals surface area contributed by atoms with Crippen molar-refractivity contribution in [3.63, 3.8) is 0 Å². The predicted octanol–water partition coefficient (Wildman–Crippen LogP) is 1.30. The molecule has 1 aromatic carbocycles. The van der Waals surface area contributed by atoms with Gasteiger partial charge < -0.3 is 21.0 Å². The Bertz CT molecular complexity index is 510. The number of nitrogens with one attached hydrogen (secondary N) is 1. The number of amides is 1. The normalized spacial score (nSPS) is 17.0. The van der Waals surface area contributed by atoms with Crippen LogP contribution in [0.2, 0.25) is 0 Å². The fraction of sp³-hybridized carbons (Fsp3) is 0.385. The van der Waals surface area contributed by atoms with E-state index in [1.807, 2.05) is 18.2 Å². The highest BCUT2D eigenvalue weighted by atomic mass is 16.5. The number of carbonyl (C=O) groups is 1. The van der Waals surface area contributed by atoms with Crippen LogP contribution in [0.15, 0.2) is 29.4 Å². The molecule has 6 nitrogen and oxygen atoms in total. The number of benzene rings is 1. The first-order valence-corrected chi connectivity index (χ1v) is 6.00. The second-order valence-corrected chi connectivity index (χ2v) is 4.61. The molecular weight excluding hydrogens is 246 g/mol. The molecule has 4 N–H and O–H groups in total. The Labute approximate surface area is 111 Å². The molecule has 1 aliphatic rings. The zero-order chi connectivity index (χ0) is 13.9. The van der Waals surface area contributed by atoms with E-state index >= 15 is 0 Å². The van der Waals surface area contributed by atoms with Gasteiger partial charge in [-0.2, -0.15) is 0 Å². The Morgan fingerprint density at radius 2 is 2.21 bits per heavy atom. The van der Waals surface area contributed by atoms with Gasteiger partial charge in [0, 0.05) is 18.4 Å². The van der Waals surface area contributed by atoms with E-state index in [0.29, 0.717) is 25.1 Å². The lowest BCUT2D eigenvalue weighted by Gasteiger charge is -2.15. The van der Waals surface area contributed by atoms with Crippen LogP contribution >= 0.6 is 0 Å². The van der Waals surface area contributed by atoms with Gasteiger partial charge in [0.2, 0.25) is 5.91 Å². The molecule has 6 heteroatoms. The van der Waals surface area contributed by atoms with Crippen LogP contribution in [0.4, 0.5) is 5.69 Å². The molecule has 1 fully saturated rings. The van der Waals surface area contributed by atoms with Crippen molar-refractivity contribution in [2.24, 2.45) is 16.3 Å². The number of hydrogen-bond acceptors (Lipinski definition) is 4. The molecule has 2 rings (SSSR count). The third-order valence-electron chi connectivity index (χ3n) is 3.35. The fourth-order valence-corrected chi connectivity index (χ4v) is 1.99. The van der Waals surface area contributed by atoms with E-state index < -0.39 is 5.41 Å². The highest BCUT2D eigenvalue weighted by Gasteiger charge is 2.54. The molecule has 0 unspecified atom stereocenters. The molecule has 0 aromatic heterocycles. The molecule has 0 atom stereocenters. The zero-order valence-corrected chi connectivity index (χ0v) is 10.7. The molecule has 1 aliphatic carbocycles. The molecule has 0 radical (unpaired) electrons. The van der Waals surface area contributed by atoms with Crippen LogP contribution in [-0.4, -0.2) is 24.1 Å². The zero-order valence-electron chi connectivity index (χ0n) is 10.7. The summed E-state index contributed by atoms with van der Waals surface area (Å²) in [6.45, 7) is 0.410. The van der Waals surface area contributed by atoms with Crippen LogP contribution in [0.3, 0.4) is 0 Å². The molecule has 0 saturated heterocycles. The van der Waals surface area contributed by atoms with Gasteiger partial charge in [-0.15, -0.1) is 0 Å². The SMILES string of the molecule is COCc1ccccc1NC(=O)C1(/C(N)=N/O)CC1. The Balaban J connectivity index is 2.16. The lowest BCUT2D eigenvalue weighted by atomic mass is 10.0. The maximum absolute atomic E-state index is 12.2. The minimum atomic E-state index is -0.852. The van der Waals surface area contributed by atoms with E-state index in [1.165, 1.54) is 0 Å². The molecule has 0 spiro atoms. The molecule has 0 aliphatic heterocycles. The molecule has 0 heterocycles. The van der Waals surface area contributed by atoms with Crippen LogP contribution in [0.5, 0.6) is 0 Å². The van der Waals surface area contributed by atoms with Crippen LogP contribution in [0.25, 0.3) is 0 Å². The number of rotatable bonds is 5. The van der Waals surface area contributed by atoms with Gasteiger partial charge in [-0.05, 0) is 18.9 Å². The maximum Gasteiger partial charge on any atom is 0.238 e. The van der Waals surface area contributed by atoms with Gasteiger partial charge >= 0.3 is 0 Å². The summed E-state index contributed by atoms with van der Waals surface area (Å²) in [6.07, 6.45) is 1.20. The minimum Gasteiger partial charge on any atom is -0.409 e. The van der Waals surface area contributed by atoms with E-state index in [0.717, 1.165) is 5.56 Å². The van der Waals surface area contributed by atoms with Gasteiger partial charge in [-0.3, -0.25) is 4.79 Å². The van der Waals surface area contributed by atoms with E-state index in [-0.39, 0.29) is 11.7 Å². The first-order chi connectivity index (χ1) is 9.14. The molecule has 1 aromatic rings. The van der Waals surface area contributed by atoms with Gasteiger partial charge in [0.15, 0.2) is 5.84 Å². The van der Waals surface area contributed by atoms with Crippen molar-refractivity contribution in [2.45, 2.75) is 19.4 Å². The summed E-state index contributed by atoms with van der Waals surface area (Å²) in [4.78, 5) is 12.2. The van der Waals surface area contributed by atoms with Crippen LogP contribution < -0.4 is 11.1 Å². The van der Waals surface area contributed by atoms with Crippen molar-refractivity contribution in [1.29, 1.82) is 0 Å². The Morgan fingerprint density at radius 1 is 1.53 bits per heavy atom. The van der Waals surface area contributed by atoms with Crippen molar-refractivity contribution < 1.29 is 14.7 Å². The average molecular weight is 263 g/mol. The van der Waals surface area contributed by atoms with Gasteiger partial charge in [-0.1, -0.05) is 23.4 Å². The van der Waals surface area contributed by atoms with Crippen LogP contribution in [0, 0.1) is 5.41 Å². The van der Waals surface area contributed by atoms with Crippen LogP contribution in [-0.2, 0) is 16.1 Å². The maximum atomic E-state index is 12.2. The van der Waals surface area contributed by atoms with E-state index in [2.05, 4.69) is 10.5 Å². The summed E-state index contributed by atoms with van der Waals surface area (Å²) in [5, 5.41) is 14.5. The van der Waals surface area contributed by atoms with E-state index in [1.54, 1.807) is 13.2 Å². The quantitative estimate of drug-likeness (QED) is 0.323. The van der Waals surface area contributed by atoms with Gasteiger partial charge in [-0.25, -0.2) is 0 Å². The lowest BCUT2D eigenvalue weighted by molar-refractivity contribution is -0.119. The number of nitrogens with two attached hydrogens (primary N) is 1. The largest absolute Gasteiger partial charge is 0.409 e. The third-order valence-corrected chi connectivity index (χ3v) is 3.35. The van der Waals surface area contributed by atoms with Gasteiger partial charge in [0.1, 0.15) is 5.41 Å². The second-order valence-electron chi connectivity index (χ2n) is 4.61. The summed E-state index contributed by atoms with van der Waals surface area (Å²) in [7, 11) is 1.59. The summed E-state index contributed by atoms with van der Waals surface area (Å²) >= 11 is 0. The van der Waals surface area contributed by atoms with Gasteiger partial charge in [0.05, 0.1) is 6.61 Å². The molecular formula is C13H17N3O3. The van der Waals surface area contributed by atoms with Gasteiger partial charge in [0.25, 0.3) is 0 Å². The summed E-state index contributed by atoms with van der Waals surface area (Å²) in [5.41, 5.74) is 6.30. The third kappa shape index (κ3) is 2.53. The Morgan fingerprint density at radius 3 is 2.79 bits per heavy atom. The number of amidine groups is 1. The van der Waals surface area contributed by atoms with Crippen molar-refractivity contribution in [3.05, 3.63) is 29.8 Å². The molecule has 19 heavy (non-hydrogen) atoms. The van der Waals surface area contributed by atoms with Crippen molar-refractivity contribution >= 4 is 17.4 Å². The highest BCUT2D eigenvalue weighted by Crippen LogP contribution is 2.46. The number of carbonyl (C=O) groups excluding carboxylic acids is 1. The number of anilines is 1. The first-order valence-electron chi connectivity index (χ1n) is 6.00. The number of ether oxygens (including phenoxy) is 1. The van der Waals surface area contributed by atoms with E-state index in [9.17, 15) is 4.79 Å². The molecule has 102 valence electrons. The topological polar surface area (TPSA) is 96.9 Å². The molecule has 0 bridgehead atoms. The first kappa shape index (κ1) is 13.4. The fourth-order valence-electron chi connectivity index (χ4n) is 1.99. The van der Waals surface area contributed by atoms with Crippen molar-refractivity contribution in [1.82, 2.24) is 0 Å². The number of nitrogens with zero attached hydrogens (tertiary/aromatic N) is 1. The lowest BCUT2D eigenvalue weighted by Crippen LogP contribution is -2.36. The second kappa shape index (κ2) is 5.27. The summed E-state index contributed by atoms with van der Waals surface area (Å²) in [6, 6.07) is 7.38. The van der Waals surface area contributed by atoms with Crippen LogP contribution in [0.1, 0.15) is 18.4 Å². The number of hydrogen-bond donors (Lipinski definition) is 3. The smallest absolute Gasteiger partial charge is 0.238 e. The highest BCUT2D eigenvalue weighted by molar-refractivity contribution is 6.14. The standard InChI is InChI=1S/C13H17N3O3/c1-19-8-9-4-2-3-5-10(9)15-12(17)13(6-7-13)11(14)16-18/h2-5,18H,6-8H2,1H3,(H2,14,16)(H,15,17). The monoisotopic (exact) mass is 263 g/mol. The Hall–Kier alpha value is -2.08. The average Bonchev–Trinajstić information content (AvgIpc) is 3.22. The molecule has 1 saturated carbocycles. The van der Waals surface area contributed by atoms with Crippen molar-refractivity contribution in [3.8, 4) is 0 Å². The number of methoxy groups -OCH3 is 1.